The number of hydrogen-bond donors (Lipinski definition) is 1. The molecule has 1 rings (SSSR count). The molecule has 0 aliphatic heterocycles. The number of rotatable bonds is 3. The van der Waals surface area contributed by atoms with E-state index in [-0.39, 0.29) is 0 Å². The van der Waals surface area contributed by atoms with Crippen molar-refractivity contribution in [2.24, 2.45) is 5.92 Å². The second-order valence-corrected chi connectivity index (χ2v) is 3.99. The first-order valence-corrected chi connectivity index (χ1v) is 4.82. The number of hydrogen-bond acceptors (Lipinski definition) is 2. The summed E-state index contributed by atoms with van der Waals surface area (Å²) in [5, 5.41) is 4.37. The fourth-order valence-corrected chi connectivity index (χ4v) is 1.31. The standard InChI is InChI=1S/C10H19N3/c1-7(2)5-6-13-9(4)10(11)8(3)12-13/h7H,5-6,11H2,1-4H3. The third kappa shape index (κ3) is 2.23. The van der Waals surface area contributed by atoms with Crippen molar-refractivity contribution in [2.45, 2.75) is 40.7 Å². The monoisotopic (exact) mass is 181 g/mol. The molecule has 0 aromatic carbocycles. The average molecular weight is 181 g/mol. The van der Waals surface area contributed by atoms with E-state index in [2.05, 4.69) is 18.9 Å². The second kappa shape index (κ2) is 3.81. The normalized spacial score (nSPS) is 11.2. The average Bonchev–Trinajstić information content (AvgIpc) is 2.29. The van der Waals surface area contributed by atoms with Crippen molar-refractivity contribution in [3.63, 3.8) is 0 Å². The maximum Gasteiger partial charge on any atom is 0.0825 e. The molecule has 0 aliphatic carbocycles. The Morgan fingerprint density at radius 2 is 2.00 bits per heavy atom. The highest BCUT2D eigenvalue weighted by atomic mass is 15.3. The maximum absolute atomic E-state index is 5.83. The van der Waals surface area contributed by atoms with Crippen molar-refractivity contribution in [2.75, 3.05) is 5.73 Å². The zero-order valence-electron chi connectivity index (χ0n) is 8.96. The van der Waals surface area contributed by atoms with Crippen LogP contribution in [0.4, 0.5) is 5.69 Å². The van der Waals surface area contributed by atoms with Gasteiger partial charge in [-0.3, -0.25) is 4.68 Å². The topological polar surface area (TPSA) is 43.8 Å². The minimum Gasteiger partial charge on any atom is -0.396 e. The first-order chi connectivity index (χ1) is 6.02. The van der Waals surface area contributed by atoms with Gasteiger partial charge in [-0.2, -0.15) is 5.10 Å². The number of aromatic nitrogens is 2. The van der Waals surface area contributed by atoms with Crippen molar-refractivity contribution < 1.29 is 0 Å². The molecule has 0 bridgehead atoms. The Morgan fingerprint density at radius 1 is 1.38 bits per heavy atom. The molecule has 74 valence electrons. The zero-order chi connectivity index (χ0) is 10.0. The molecule has 13 heavy (non-hydrogen) atoms. The van der Waals surface area contributed by atoms with Gasteiger partial charge in [0.05, 0.1) is 17.1 Å². The molecule has 3 nitrogen and oxygen atoms in total. The first-order valence-electron chi connectivity index (χ1n) is 4.82. The van der Waals surface area contributed by atoms with Crippen molar-refractivity contribution in [1.29, 1.82) is 0 Å². The summed E-state index contributed by atoms with van der Waals surface area (Å²) in [4.78, 5) is 0. The Labute approximate surface area is 79.9 Å². The van der Waals surface area contributed by atoms with Crippen LogP contribution in [0, 0.1) is 19.8 Å². The molecule has 0 atom stereocenters. The third-order valence-electron chi connectivity index (χ3n) is 2.36. The quantitative estimate of drug-likeness (QED) is 0.776. The van der Waals surface area contributed by atoms with Gasteiger partial charge < -0.3 is 5.73 Å². The van der Waals surface area contributed by atoms with Gasteiger partial charge in [0.25, 0.3) is 0 Å². The Morgan fingerprint density at radius 3 is 2.38 bits per heavy atom. The Hall–Kier alpha value is -0.990. The maximum atomic E-state index is 5.83. The lowest BCUT2D eigenvalue weighted by Gasteiger charge is -2.06. The van der Waals surface area contributed by atoms with Gasteiger partial charge in [-0.1, -0.05) is 13.8 Å². The summed E-state index contributed by atoms with van der Waals surface area (Å²) in [7, 11) is 0. The molecule has 0 saturated heterocycles. The second-order valence-electron chi connectivity index (χ2n) is 3.99. The molecule has 0 fully saturated rings. The minimum atomic E-state index is 0.713. The predicted octanol–water partition coefficient (Wildman–Crippen LogP) is 2.13. The smallest absolute Gasteiger partial charge is 0.0825 e. The highest BCUT2D eigenvalue weighted by molar-refractivity contribution is 5.46. The van der Waals surface area contributed by atoms with E-state index in [1.54, 1.807) is 0 Å². The van der Waals surface area contributed by atoms with E-state index in [0.29, 0.717) is 5.92 Å². The van der Waals surface area contributed by atoms with E-state index in [1.165, 1.54) is 0 Å². The van der Waals surface area contributed by atoms with Crippen molar-refractivity contribution in [3.8, 4) is 0 Å². The van der Waals surface area contributed by atoms with E-state index in [9.17, 15) is 0 Å². The molecule has 0 unspecified atom stereocenters. The number of nitrogens with two attached hydrogens (primary N) is 1. The lowest BCUT2D eigenvalue weighted by Crippen LogP contribution is -2.05. The van der Waals surface area contributed by atoms with Gasteiger partial charge in [-0.25, -0.2) is 0 Å². The first kappa shape index (κ1) is 10.1. The van der Waals surface area contributed by atoms with Crippen LogP contribution in [0.15, 0.2) is 0 Å². The summed E-state index contributed by atoms with van der Waals surface area (Å²) in [6.45, 7) is 9.38. The number of aryl methyl sites for hydroxylation is 2. The molecule has 0 radical (unpaired) electrons. The van der Waals surface area contributed by atoms with Crippen LogP contribution in [0.25, 0.3) is 0 Å². The van der Waals surface area contributed by atoms with Gasteiger partial charge in [0, 0.05) is 6.54 Å². The number of nitrogen functional groups attached to an aromatic ring is 1. The van der Waals surface area contributed by atoms with E-state index in [4.69, 9.17) is 5.73 Å². The largest absolute Gasteiger partial charge is 0.396 e. The van der Waals surface area contributed by atoms with Crippen LogP contribution in [0.5, 0.6) is 0 Å². The van der Waals surface area contributed by atoms with Crippen LogP contribution in [-0.2, 0) is 6.54 Å². The third-order valence-corrected chi connectivity index (χ3v) is 2.36. The zero-order valence-corrected chi connectivity index (χ0v) is 8.96. The predicted molar refractivity (Wildman–Crippen MR) is 55.6 cm³/mol. The van der Waals surface area contributed by atoms with E-state index >= 15 is 0 Å². The van der Waals surface area contributed by atoms with Crippen LogP contribution in [-0.4, -0.2) is 9.78 Å². The summed E-state index contributed by atoms with van der Waals surface area (Å²) in [5.41, 5.74) is 8.70. The van der Waals surface area contributed by atoms with Gasteiger partial charge >= 0.3 is 0 Å². The van der Waals surface area contributed by atoms with Crippen LogP contribution < -0.4 is 5.73 Å². The minimum absolute atomic E-state index is 0.713. The summed E-state index contributed by atoms with van der Waals surface area (Å²) < 4.78 is 2.00. The fourth-order valence-electron chi connectivity index (χ4n) is 1.31. The highest BCUT2D eigenvalue weighted by Crippen LogP contribution is 2.15. The van der Waals surface area contributed by atoms with Gasteiger partial charge in [0.2, 0.25) is 0 Å². The highest BCUT2D eigenvalue weighted by Gasteiger charge is 2.07. The Bertz CT molecular complexity index is 287. The van der Waals surface area contributed by atoms with Gasteiger partial charge in [-0.15, -0.1) is 0 Å². The lowest BCUT2D eigenvalue weighted by molar-refractivity contribution is 0.479. The van der Waals surface area contributed by atoms with E-state index in [0.717, 1.165) is 30.0 Å². The molecular formula is C10H19N3. The van der Waals surface area contributed by atoms with Crippen LogP contribution >= 0.6 is 0 Å². The summed E-state index contributed by atoms with van der Waals surface area (Å²) in [6.07, 6.45) is 1.15. The molecule has 0 amide bonds. The van der Waals surface area contributed by atoms with Crippen molar-refractivity contribution in [1.82, 2.24) is 9.78 Å². The fraction of sp³-hybridized carbons (Fsp3) is 0.700. The molecule has 0 saturated carbocycles. The van der Waals surface area contributed by atoms with E-state index in [1.807, 2.05) is 18.5 Å². The molecule has 3 heteroatoms. The number of nitrogens with zero attached hydrogens (tertiary/aromatic N) is 2. The molecule has 1 aromatic heterocycles. The molecule has 0 spiro atoms. The van der Waals surface area contributed by atoms with Crippen LogP contribution in [0.2, 0.25) is 0 Å². The molecular weight excluding hydrogens is 162 g/mol. The summed E-state index contributed by atoms with van der Waals surface area (Å²) in [6, 6.07) is 0. The van der Waals surface area contributed by atoms with E-state index < -0.39 is 0 Å². The summed E-state index contributed by atoms with van der Waals surface area (Å²) >= 11 is 0. The SMILES string of the molecule is Cc1nn(CCC(C)C)c(C)c1N. The van der Waals surface area contributed by atoms with Gasteiger partial charge in [-0.05, 0) is 26.2 Å². The van der Waals surface area contributed by atoms with Crippen molar-refractivity contribution >= 4 is 5.69 Å². The Kier molecular flexibility index (Phi) is 2.96. The Balaban J connectivity index is 2.72. The van der Waals surface area contributed by atoms with Gasteiger partial charge in [0.15, 0.2) is 0 Å². The lowest BCUT2D eigenvalue weighted by atomic mass is 10.1. The molecule has 1 heterocycles. The molecule has 0 aliphatic rings. The van der Waals surface area contributed by atoms with Crippen molar-refractivity contribution in [3.05, 3.63) is 11.4 Å². The van der Waals surface area contributed by atoms with Gasteiger partial charge in [0.1, 0.15) is 0 Å². The van der Waals surface area contributed by atoms with Crippen LogP contribution in [0.3, 0.4) is 0 Å². The molecule has 1 aromatic rings. The summed E-state index contributed by atoms with van der Waals surface area (Å²) in [5.74, 6) is 0.713. The number of anilines is 1. The van der Waals surface area contributed by atoms with Crippen LogP contribution in [0.1, 0.15) is 31.7 Å². The molecule has 2 N–H and O–H groups in total.